The molecule has 114 valence electrons. The number of nitrogens with zero attached hydrogens (tertiary/aromatic N) is 3. The number of carbonyl (C=O) groups is 1. The number of rotatable bonds is 4. The van der Waals surface area contributed by atoms with E-state index in [2.05, 4.69) is 26.0 Å². The van der Waals surface area contributed by atoms with Crippen molar-refractivity contribution in [2.45, 2.75) is 20.0 Å². The van der Waals surface area contributed by atoms with Gasteiger partial charge in [-0.2, -0.15) is 9.61 Å². The van der Waals surface area contributed by atoms with Crippen LogP contribution in [0.15, 0.2) is 32.1 Å². The fourth-order valence-corrected chi connectivity index (χ4v) is 2.91. The molecule has 22 heavy (non-hydrogen) atoms. The molecule has 3 rings (SSSR count). The van der Waals surface area contributed by atoms with Crippen molar-refractivity contribution >= 4 is 38.2 Å². The molecule has 3 aromatic rings. The fraction of sp³-hybridized carbons (Fsp3) is 0.231. The standard InChI is InChI=1S/C13H10BrN3O4S/c1-2-10-16-17-11(18)5-7(15-13(17)22-10)6-20-12(19)8-3-4-9(14)21-8/h3-5H,2,6H2,1H3. The number of furan rings is 1. The van der Waals surface area contributed by atoms with Crippen LogP contribution < -0.4 is 5.56 Å². The number of halogens is 1. The molecular formula is C13H10BrN3O4S. The van der Waals surface area contributed by atoms with Gasteiger partial charge in [0.25, 0.3) is 5.56 Å². The Bertz CT molecular complexity index is 898. The summed E-state index contributed by atoms with van der Waals surface area (Å²) in [6.45, 7) is 1.84. The van der Waals surface area contributed by atoms with E-state index < -0.39 is 5.97 Å². The van der Waals surface area contributed by atoms with Gasteiger partial charge in [0.15, 0.2) is 4.67 Å². The van der Waals surface area contributed by atoms with Crippen molar-refractivity contribution in [2.24, 2.45) is 0 Å². The van der Waals surface area contributed by atoms with Gasteiger partial charge in [-0.3, -0.25) is 4.79 Å². The maximum atomic E-state index is 11.9. The number of hydrogen-bond donors (Lipinski definition) is 0. The van der Waals surface area contributed by atoms with E-state index in [1.807, 2.05) is 6.92 Å². The van der Waals surface area contributed by atoms with Gasteiger partial charge in [0.05, 0.1) is 5.69 Å². The second-order valence-electron chi connectivity index (χ2n) is 4.31. The summed E-state index contributed by atoms with van der Waals surface area (Å²) in [5.41, 5.74) is 0.0722. The highest BCUT2D eigenvalue weighted by Gasteiger charge is 2.14. The molecule has 0 bridgehead atoms. The van der Waals surface area contributed by atoms with Gasteiger partial charge in [-0.25, -0.2) is 9.78 Å². The van der Waals surface area contributed by atoms with Crippen LogP contribution in [0.2, 0.25) is 0 Å². The average Bonchev–Trinajstić information content (AvgIpc) is 3.11. The van der Waals surface area contributed by atoms with Gasteiger partial charge >= 0.3 is 5.97 Å². The molecule has 0 amide bonds. The van der Waals surface area contributed by atoms with Crippen molar-refractivity contribution in [3.05, 3.63) is 49.7 Å². The van der Waals surface area contributed by atoms with Crippen molar-refractivity contribution in [3.8, 4) is 0 Å². The molecule has 9 heteroatoms. The highest BCUT2D eigenvalue weighted by molar-refractivity contribution is 9.10. The molecule has 0 unspecified atom stereocenters. The van der Waals surface area contributed by atoms with Crippen LogP contribution >= 0.6 is 27.3 Å². The van der Waals surface area contributed by atoms with E-state index in [1.165, 1.54) is 28.0 Å². The number of aryl methyl sites for hydroxylation is 1. The van der Waals surface area contributed by atoms with Crippen molar-refractivity contribution < 1.29 is 13.9 Å². The van der Waals surface area contributed by atoms with E-state index in [0.717, 1.165) is 11.4 Å². The lowest BCUT2D eigenvalue weighted by Gasteiger charge is -2.02. The van der Waals surface area contributed by atoms with Crippen LogP contribution in [0.5, 0.6) is 0 Å². The maximum absolute atomic E-state index is 11.9. The Kier molecular flexibility index (Phi) is 4.08. The van der Waals surface area contributed by atoms with E-state index in [-0.39, 0.29) is 17.9 Å². The van der Waals surface area contributed by atoms with E-state index in [4.69, 9.17) is 9.15 Å². The minimum absolute atomic E-state index is 0.0794. The molecule has 7 nitrogen and oxygen atoms in total. The first kappa shape index (κ1) is 14.9. The van der Waals surface area contributed by atoms with E-state index in [1.54, 1.807) is 6.07 Å². The number of aromatic nitrogens is 3. The molecule has 0 aromatic carbocycles. The predicted molar refractivity (Wildman–Crippen MR) is 82.0 cm³/mol. The highest BCUT2D eigenvalue weighted by atomic mass is 79.9. The molecule has 3 aromatic heterocycles. The third-order valence-corrected chi connectivity index (χ3v) is 4.25. The molecule has 0 fully saturated rings. The third-order valence-electron chi connectivity index (χ3n) is 2.77. The molecule has 0 aliphatic heterocycles. The average molecular weight is 384 g/mol. The van der Waals surface area contributed by atoms with Crippen molar-refractivity contribution in [1.29, 1.82) is 0 Å². The Hall–Kier alpha value is -2.00. The summed E-state index contributed by atoms with van der Waals surface area (Å²) in [4.78, 5) is 28.5. The smallest absolute Gasteiger partial charge is 0.374 e. The molecule has 0 radical (unpaired) electrons. The largest absolute Gasteiger partial charge is 0.453 e. The van der Waals surface area contributed by atoms with Crippen LogP contribution in [-0.2, 0) is 17.8 Å². The highest BCUT2D eigenvalue weighted by Crippen LogP contribution is 2.16. The molecule has 0 saturated heterocycles. The summed E-state index contributed by atoms with van der Waals surface area (Å²) in [6, 6.07) is 4.39. The summed E-state index contributed by atoms with van der Waals surface area (Å²) in [7, 11) is 0. The number of hydrogen-bond acceptors (Lipinski definition) is 7. The zero-order valence-electron chi connectivity index (χ0n) is 11.4. The zero-order valence-corrected chi connectivity index (χ0v) is 13.8. The number of fused-ring (bicyclic) bond motifs is 1. The molecule has 0 aliphatic rings. The summed E-state index contributed by atoms with van der Waals surface area (Å²) < 4.78 is 11.9. The van der Waals surface area contributed by atoms with Crippen LogP contribution in [0, 0.1) is 0 Å². The normalized spacial score (nSPS) is 11.0. The van der Waals surface area contributed by atoms with Gasteiger partial charge in [0, 0.05) is 6.07 Å². The molecule has 0 N–H and O–H groups in total. The van der Waals surface area contributed by atoms with Gasteiger partial charge in [-0.1, -0.05) is 18.3 Å². The second kappa shape index (κ2) is 6.01. The molecule has 0 aliphatic carbocycles. The Labute approximate surface area is 136 Å². The fourth-order valence-electron chi connectivity index (χ4n) is 1.75. The van der Waals surface area contributed by atoms with E-state index in [9.17, 15) is 9.59 Å². The van der Waals surface area contributed by atoms with E-state index in [0.29, 0.717) is 15.3 Å². The number of ether oxygens (including phenoxy) is 1. The minimum Gasteiger partial charge on any atom is -0.453 e. The van der Waals surface area contributed by atoms with Crippen LogP contribution in [0.3, 0.4) is 0 Å². The Balaban J connectivity index is 1.79. The lowest BCUT2D eigenvalue weighted by molar-refractivity contribution is 0.0429. The summed E-state index contributed by atoms with van der Waals surface area (Å²) >= 11 is 4.44. The first-order valence-corrected chi connectivity index (χ1v) is 7.99. The molecule has 0 saturated carbocycles. The number of carbonyl (C=O) groups excluding carboxylic acids is 1. The van der Waals surface area contributed by atoms with Crippen molar-refractivity contribution in [2.75, 3.05) is 0 Å². The first-order chi connectivity index (χ1) is 10.6. The van der Waals surface area contributed by atoms with Gasteiger partial charge in [-0.05, 0) is 34.5 Å². The zero-order chi connectivity index (χ0) is 15.7. The number of esters is 1. The minimum atomic E-state index is -0.619. The van der Waals surface area contributed by atoms with Crippen LogP contribution in [0.1, 0.15) is 28.2 Å². The molecular weight excluding hydrogens is 374 g/mol. The lowest BCUT2D eigenvalue weighted by atomic mass is 10.4. The van der Waals surface area contributed by atoms with Crippen molar-refractivity contribution in [3.63, 3.8) is 0 Å². The molecule has 0 spiro atoms. The quantitative estimate of drug-likeness (QED) is 0.643. The van der Waals surface area contributed by atoms with Gasteiger partial charge in [-0.15, -0.1) is 0 Å². The summed E-state index contributed by atoms with van der Waals surface area (Å²) in [6.07, 6.45) is 0.727. The summed E-state index contributed by atoms with van der Waals surface area (Å²) in [5.74, 6) is -0.540. The second-order valence-corrected chi connectivity index (χ2v) is 6.13. The van der Waals surface area contributed by atoms with Crippen molar-refractivity contribution in [1.82, 2.24) is 14.6 Å². The van der Waals surface area contributed by atoms with Gasteiger partial charge < -0.3 is 9.15 Å². The monoisotopic (exact) mass is 383 g/mol. The van der Waals surface area contributed by atoms with Crippen LogP contribution in [0.25, 0.3) is 4.96 Å². The van der Waals surface area contributed by atoms with Gasteiger partial charge in [0.2, 0.25) is 10.7 Å². The topological polar surface area (TPSA) is 86.7 Å². The Morgan fingerprint density at radius 1 is 1.50 bits per heavy atom. The van der Waals surface area contributed by atoms with Crippen LogP contribution in [-0.4, -0.2) is 20.6 Å². The lowest BCUT2D eigenvalue weighted by Crippen LogP contribution is -2.16. The Morgan fingerprint density at radius 3 is 3.00 bits per heavy atom. The third kappa shape index (κ3) is 2.95. The molecule has 0 atom stereocenters. The first-order valence-electron chi connectivity index (χ1n) is 6.38. The maximum Gasteiger partial charge on any atom is 0.374 e. The SMILES string of the molecule is CCc1nn2c(=O)cc(COC(=O)c3ccc(Br)o3)nc2s1. The summed E-state index contributed by atoms with van der Waals surface area (Å²) in [5, 5.41) is 4.97. The molecule has 3 heterocycles. The predicted octanol–water partition coefficient (Wildman–Crippen LogP) is 2.43. The van der Waals surface area contributed by atoms with Gasteiger partial charge in [0.1, 0.15) is 11.6 Å². The van der Waals surface area contributed by atoms with Crippen LogP contribution in [0.4, 0.5) is 0 Å². The Morgan fingerprint density at radius 2 is 2.32 bits per heavy atom. The van der Waals surface area contributed by atoms with E-state index >= 15 is 0 Å².